The van der Waals surface area contributed by atoms with Gasteiger partial charge in [0.05, 0.1) is 11.5 Å². The zero-order valence-electron chi connectivity index (χ0n) is 17.8. The Bertz CT molecular complexity index is 1080. The molecular formula is C26H29N3O2. The molecule has 2 heterocycles. The number of nitrogens with one attached hydrogen (secondary N) is 2. The molecule has 5 rings (SSSR count). The summed E-state index contributed by atoms with van der Waals surface area (Å²) in [5, 5.41) is 4.21. The van der Waals surface area contributed by atoms with E-state index in [2.05, 4.69) is 34.6 Å². The van der Waals surface area contributed by atoms with Gasteiger partial charge in [-0.25, -0.2) is 0 Å². The van der Waals surface area contributed by atoms with Crippen molar-refractivity contribution in [1.29, 1.82) is 0 Å². The average molecular weight is 416 g/mol. The molecule has 0 radical (unpaired) electrons. The van der Waals surface area contributed by atoms with Crippen molar-refractivity contribution in [3.05, 3.63) is 71.9 Å². The molecule has 1 aromatic heterocycles. The van der Waals surface area contributed by atoms with Gasteiger partial charge in [-0.3, -0.25) is 9.59 Å². The Morgan fingerprint density at radius 1 is 1.03 bits per heavy atom. The van der Waals surface area contributed by atoms with Gasteiger partial charge in [0.15, 0.2) is 0 Å². The lowest BCUT2D eigenvalue weighted by atomic mass is 9.60. The fraction of sp³-hybridized carbons (Fsp3) is 0.385. The van der Waals surface area contributed by atoms with Crippen LogP contribution in [0.15, 0.2) is 60.8 Å². The van der Waals surface area contributed by atoms with Crippen LogP contribution in [0.3, 0.4) is 0 Å². The van der Waals surface area contributed by atoms with Crippen molar-refractivity contribution in [2.24, 2.45) is 5.41 Å². The van der Waals surface area contributed by atoms with E-state index >= 15 is 0 Å². The highest BCUT2D eigenvalue weighted by atomic mass is 16.2. The Kier molecular flexibility index (Phi) is 5.26. The Morgan fingerprint density at radius 2 is 1.77 bits per heavy atom. The third-order valence-corrected chi connectivity index (χ3v) is 7.09. The summed E-state index contributed by atoms with van der Waals surface area (Å²) in [6, 6.07) is 18.4. The number of β-lactam (4-membered cyclic amide) rings is 1. The van der Waals surface area contributed by atoms with Crippen LogP contribution in [-0.4, -0.2) is 34.8 Å². The summed E-state index contributed by atoms with van der Waals surface area (Å²) >= 11 is 0. The van der Waals surface area contributed by atoms with Crippen LogP contribution < -0.4 is 5.32 Å². The number of benzene rings is 2. The molecule has 1 unspecified atom stereocenters. The van der Waals surface area contributed by atoms with Gasteiger partial charge in [-0.2, -0.15) is 0 Å². The molecule has 1 aliphatic heterocycles. The molecule has 1 saturated heterocycles. The van der Waals surface area contributed by atoms with Gasteiger partial charge in [0, 0.05) is 23.6 Å². The van der Waals surface area contributed by atoms with Crippen molar-refractivity contribution in [3.8, 4) is 0 Å². The van der Waals surface area contributed by atoms with E-state index in [-0.39, 0.29) is 29.8 Å². The molecular weight excluding hydrogens is 386 g/mol. The molecule has 5 nitrogen and oxygen atoms in total. The number of fused-ring (bicyclic) bond motifs is 1. The summed E-state index contributed by atoms with van der Waals surface area (Å²) in [7, 11) is 0. The van der Waals surface area contributed by atoms with Crippen molar-refractivity contribution in [2.75, 3.05) is 13.1 Å². The molecule has 1 atom stereocenters. The van der Waals surface area contributed by atoms with E-state index in [0.717, 1.165) is 43.2 Å². The van der Waals surface area contributed by atoms with Crippen LogP contribution >= 0.6 is 0 Å². The Balaban J connectivity index is 1.24. The maximum atomic E-state index is 13.2. The standard InChI is InChI=1S/C26H29N3O2/c30-23(27-16-13-20-17-28-22-12-6-5-11-21(20)22)18-29-24(19-9-3-1-4-10-19)26(25(29)31)14-7-2-8-15-26/h1,3-6,9-12,17,24,28H,2,7-8,13-16,18H2,(H,27,30). The van der Waals surface area contributed by atoms with Crippen molar-refractivity contribution in [3.63, 3.8) is 0 Å². The number of carbonyl (C=O) groups excluding carboxylic acids is 2. The van der Waals surface area contributed by atoms with Crippen LogP contribution in [0.4, 0.5) is 0 Å². The van der Waals surface area contributed by atoms with Gasteiger partial charge in [-0.1, -0.05) is 67.8 Å². The van der Waals surface area contributed by atoms with E-state index in [0.29, 0.717) is 6.54 Å². The number of para-hydroxylation sites is 1. The maximum absolute atomic E-state index is 13.2. The van der Waals surface area contributed by atoms with Gasteiger partial charge in [0.2, 0.25) is 11.8 Å². The van der Waals surface area contributed by atoms with E-state index in [1.807, 2.05) is 36.5 Å². The number of rotatable bonds is 6. The summed E-state index contributed by atoms with van der Waals surface area (Å²) in [5.74, 6) is 0.0765. The summed E-state index contributed by atoms with van der Waals surface area (Å²) in [5.41, 5.74) is 3.15. The lowest BCUT2D eigenvalue weighted by molar-refractivity contribution is -0.179. The number of likely N-dealkylation sites (tertiary alicyclic amines) is 1. The van der Waals surface area contributed by atoms with Crippen LogP contribution in [0, 0.1) is 5.41 Å². The van der Waals surface area contributed by atoms with Crippen LogP contribution in [0.5, 0.6) is 0 Å². The van der Waals surface area contributed by atoms with Crippen molar-refractivity contribution < 1.29 is 9.59 Å². The molecule has 3 aromatic rings. The average Bonchev–Trinajstić information content (AvgIpc) is 3.23. The minimum absolute atomic E-state index is 0.0147. The Labute approximate surface area is 182 Å². The summed E-state index contributed by atoms with van der Waals surface area (Å²) in [6.45, 7) is 0.692. The first kappa shape index (κ1) is 19.9. The maximum Gasteiger partial charge on any atom is 0.239 e. The minimum atomic E-state index is -0.302. The predicted molar refractivity (Wildman–Crippen MR) is 121 cm³/mol. The number of H-pyrrole nitrogens is 1. The molecule has 31 heavy (non-hydrogen) atoms. The number of amides is 2. The fourth-order valence-corrected chi connectivity index (χ4v) is 5.61. The highest BCUT2D eigenvalue weighted by Crippen LogP contribution is 2.57. The van der Waals surface area contributed by atoms with Crippen LogP contribution in [0.25, 0.3) is 10.9 Å². The molecule has 5 heteroatoms. The summed E-state index contributed by atoms with van der Waals surface area (Å²) in [4.78, 5) is 31.0. The molecule has 2 aromatic carbocycles. The molecule has 2 fully saturated rings. The molecule has 0 bridgehead atoms. The number of hydrogen-bond donors (Lipinski definition) is 2. The third kappa shape index (κ3) is 3.52. The molecule has 160 valence electrons. The van der Waals surface area contributed by atoms with Gasteiger partial charge in [0.1, 0.15) is 6.54 Å². The van der Waals surface area contributed by atoms with E-state index in [4.69, 9.17) is 0 Å². The number of carbonyl (C=O) groups is 2. The monoisotopic (exact) mass is 415 g/mol. The molecule has 2 N–H and O–H groups in total. The molecule has 2 aliphatic rings. The normalized spacial score (nSPS) is 20.1. The smallest absolute Gasteiger partial charge is 0.239 e. The lowest BCUT2D eigenvalue weighted by Crippen LogP contribution is -2.65. The van der Waals surface area contributed by atoms with E-state index in [9.17, 15) is 9.59 Å². The van der Waals surface area contributed by atoms with Crippen LogP contribution in [-0.2, 0) is 16.0 Å². The van der Waals surface area contributed by atoms with E-state index < -0.39 is 0 Å². The quantitative estimate of drug-likeness (QED) is 0.588. The second-order valence-corrected chi connectivity index (χ2v) is 8.92. The van der Waals surface area contributed by atoms with Gasteiger partial charge in [0.25, 0.3) is 0 Å². The molecule has 1 aliphatic carbocycles. The fourth-order valence-electron chi connectivity index (χ4n) is 5.61. The van der Waals surface area contributed by atoms with E-state index in [1.165, 1.54) is 17.4 Å². The van der Waals surface area contributed by atoms with Crippen LogP contribution in [0.1, 0.15) is 49.3 Å². The van der Waals surface area contributed by atoms with Crippen molar-refractivity contribution in [1.82, 2.24) is 15.2 Å². The van der Waals surface area contributed by atoms with Gasteiger partial charge < -0.3 is 15.2 Å². The number of aromatic nitrogens is 1. The largest absolute Gasteiger partial charge is 0.361 e. The first-order valence-corrected chi connectivity index (χ1v) is 11.4. The zero-order valence-corrected chi connectivity index (χ0v) is 17.8. The molecule has 1 spiro atoms. The Morgan fingerprint density at radius 3 is 2.58 bits per heavy atom. The number of aromatic amines is 1. The van der Waals surface area contributed by atoms with Crippen LogP contribution in [0.2, 0.25) is 0 Å². The summed E-state index contributed by atoms with van der Waals surface area (Å²) < 4.78 is 0. The third-order valence-electron chi connectivity index (χ3n) is 7.09. The topological polar surface area (TPSA) is 65.2 Å². The first-order chi connectivity index (χ1) is 15.2. The van der Waals surface area contributed by atoms with Crippen molar-refractivity contribution in [2.45, 2.75) is 44.6 Å². The molecule has 1 saturated carbocycles. The zero-order chi connectivity index (χ0) is 21.3. The minimum Gasteiger partial charge on any atom is -0.361 e. The first-order valence-electron chi connectivity index (χ1n) is 11.4. The number of hydrogen-bond acceptors (Lipinski definition) is 2. The molecule has 2 amide bonds. The predicted octanol–water partition coefficient (Wildman–Crippen LogP) is 4.36. The second-order valence-electron chi connectivity index (χ2n) is 8.92. The lowest BCUT2D eigenvalue weighted by Gasteiger charge is -2.58. The van der Waals surface area contributed by atoms with Crippen molar-refractivity contribution >= 4 is 22.7 Å². The highest BCUT2D eigenvalue weighted by Gasteiger charge is 2.60. The highest BCUT2D eigenvalue weighted by molar-refractivity contribution is 5.94. The second kappa shape index (κ2) is 8.22. The van der Waals surface area contributed by atoms with Gasteiger partial charge in [-0.05, 0) is 36.5 Å². The van der Waals surface area contributed by atoms with Gasteiger partial charge >= 0.3 is 0 Å². The summed E-state index contributed by atoms with van der Waals surface area (Å²) in [6.07, 6.45) is 8.03. The SMILES string of the molecule is O=C(CN1C(=O)C2(CCCCC2)C1c1ccccc1)NCCc1c[nH]c2ccccc12. The Hall–Kier alpha value is -3.08. The number of nitrogens with zero attached hydrogens (tertiary/aromatic N) is 1. The van der Waals surface area contributed by atoms with Gasteiger partial charge in [-0.15, -0.1) is 0 Å². The van der Waals surface area contributed by atoms with E-state index in [1.54, 1.807) is 4.90 Å².